The summed E-state index contributed by atoms with van der Waals surface area (Å²) in [5, 5.41) is 0. The third kappa shape index (κ3) is 3.63. The van der Waals surface area contributed by atoms with Crippen LogP contribution in [-0.4, -0.2) is 103 Å². The predicted octanol–water partition coefficient (Wildman–Crippen LogP) is -0.406. The molecule has 134 valence electrons. The highest BCUT2D eigenvalue weighted by atomic mass is 16.6. The Hall–Kier alpha value is -1.83. The van der Waals surface area contributed by atoms with E-state index < -0.39 is 6.09 Å². The minimum atomic E-state index is -0.417. The van der Waals surface area contributed by atoms with Crippen LogP contribution in [0.1, 0.15) is 19.3 Å². The highest BCUT2D eigenvalue weighted by Crippen LogP contribution is 2.18. The summed E-state index contributed by atoms with van der Waals surface area (Å²) in [4.78, 5) is 43.7. The number of likely N-dealkylation sites (N-methyl/N-ethyl adjacent to an activating group) is 1. The Labute approximate surface area is 142 Å². The monoisotopic (exact) mass is 338 g/mol. The number of nitrogens with zero attached hydrogens (tertiary/aromatic N) is 4. The van der Waals surface area contributed by atoms with Crippen molar-refractivity contribution in [1.82, 2.24) is 19.6 Å². The van der Waals surface area contributed by atoms with Gasteiger partial charge in [-0.05, 0) is 32.9 Å². The molecule has 0 spiro atoms. The number of carbonyl (C=O) groups excluding carboxylic acids is 3. The quantitative estimate of drug-likeness (QED) is 0.700. The van der Waals surface area contributed by atoms with E-state index in [4.69, 9.17) is 4.74 Å². The molecule has 0 saturated carbocycles. The Morgan fingerprint density at radius 2 is 1.79 bits per heavy atom. The molecule has 3 amide bonds. The smallest absolute Gasteiger partial charge is 0.410 e. The Bertz CT molecular complexity index is 512. The summed E-state index contributed by atoms with van der Waals surface area (Å²) in [7, 11) is 2.00. The average molecular weight is 338 g/mol. The van der Waals surface area contributed by atoms with E-state index in [1.165, 1.54) is 4.90 Å². The summed E-state index contributed by atoms with van der Waals surface area (Å²) in [5.41, 5.74) is 0. The molecule has 8 heteroatoms. The molecule has 3 heterocycles. The topological polar surface area (TPSA) is 73.4 Å². The van der Waals surface area contributed by atoms with Gasteiger partial charge in [0, 0.05) is 26.2 Å². The van der Waals surface area contributed by atoms with Gasteiger partial charge in [-0.2, -0.15) is 0 Å². The van der Waals surface area contributed by atoms with Crippen molar-refractivity contribution in [1.29, 1.82) is 0 Å². The third-order valence-electron chi connectivity index (χ3n) is 5.14. The number of ether oxygens (including phenoxy) is 1. The maximum atomic E-state index is 12.7. The van der Waals surface area contributed by atoms with E-state index in [-0.39, 0.29) is 24.4 Å². The first-order valence-electron chi connectivity index (χ1n) is 8.75. The highest BCUT2D eigenvalue weighted by Gasteiger charge is 2.33. The lowest BCUT2D eigenvalue weighted by Crippen LogP contribution is -2.46. The zero-order valence-electron chi connectivity index (χ0n) is 14.3. The molecule has 3 saturated heterocycles. The van der Waals surface area contributed by atoms with E-state index in [1.807, 2.05) is 11.9 Å². The van der Waals surface area contributed by atoms with Gasteiger partial charge in [0.05, 0.1) is 12.6 Å². The molecule has 0 aromatic carbocycles. The minimum absolute atomic E-state index is 0.00776. The molecular weight excluding hydrogens is 312 g/mol. The Balaban J connectivity index is 1.52. The fraction of sp³-hybridized carbons (Fsp3) is 0.812. The van der Waals surface area contributed by atoms with Crippen molar-refractivity contribution < 1.29 is 19.1 Å². The summed E-state index contributed by atoms with van der Waals surface area (Å²) in [6.07, 6.45) is 2.35. The second-order valence-corrected chi connectivity index (χ2v) is 6.73. The number of likely N-dealkylation sites (tertiary alicyclic amines) is 1. The molecule has 0 radical (unpaired) electrons. The van der Waals surface area contributed by atoms with Crippen LogP contribution in [0.3, 0.4) is 0 Å². The van der Waals surface area contributed by atoms with E-state index in [9.17, 15) is 14.4 Å². The van der Waals surface area contributed by atoms with Gasteiger partial charge < -0.3 is 14.5 Å². The first kappa shape index (κ1) is 17.0. The third-order valence-corrected chi connectivity index (χ3v) is 5.14. The van der Waals surface area contributed by atoms with Crippen molar-refractivity contribution in [2.45, 2.75) is 25.3 Å². The van der Waals surface area contributed by atoms with Crippen molar-refractivity contribution in [3.63, 3.8) is 0 Å². The van der Waals surface area contributed by atoms with Gasteiger partial charge in [-0.15, -0.1) is 0 Å². The van der Waals surface area contributed by atoms with Gasteiger partial charge in [0.15, 0.2) is 0 Å². The van der Waals surface area contributed by atoms with E-state index in [2.05, 4.69) is 4.90 Å². The molecule has 8 nitrogen and oxygen atoms in total. The molecule has 0 unspecified atom stereocenters. The number of cyclic esters (lactones) is 1. The molecule has 0 N–H and O–H groups in total. The van der Waals surface area contributed by atoms with Gasteiger partial charge in [0.25, 0.3) is 0 Å². The van der Waals surface area contributed by atoms with E-state index in [1.54, 1.807) is 4.90 Å². The van der Waals surface area contributed by atoms with Gasteiger partial charge >= 0.3 is 6.09 Å². The Morgan fingerprint density at radius 1 is 1.04 bits per heavy atom. The minimum Gasteiger partial charge on any atom is -0.448 e. The second kappa shape index (κ2) is 7.38. The number of rotatable bonds is 3. The van der Waals surface area contributed by atoms with Crippen LogP contribution in [0.4, 0.5) is 4.79 Å². The van der Waals surface area contributed by atoms with E-state index in [0.29, 0.717) is 39.3 Å². The van der Waals surface area contributed by atoms with Crippen LogP contribution >= 0.6 is 0 Å². The van der Waals surface area contributed by atoms with Crippen molar-refractivity contribution >= 4 is 17.9 Å². The largest absolute Gasteiger partial charge is 0.448 e. The van der Waals surface area contributed by atoms with Gasteiger partial charge in [-0.3, -0.25) is 19.4 Å². The number of carbonyl (C=O) groups is 3. The SMILES string of the molecule is CN1CCC[C@H]1C(=O)N1CCCN(C(=O)CN2CCOC2=O)CC1. The highest BCUT2D eigenvalue weighted by molar-refractivity contribution is 5.84. The Kier molecular flexibility index (Phi) is 5.23. The standard InChI is InChI=1S/C16H26N4O4/c1-17-5-2-4-13(17)15(22)19-7-3-6-18(8-9-19)14(21)12-20-10-11-24-16(20)23/h13H,2-12H2,1H3/t13-/m0/s1. The first-order chi connectivity index (χ1) is 11.6. The molecule has 0 aromatic rings. The molecule has 0 aliphatic carbocycles. The van der Waals surface area contributed by atoms with Crippen LogP contribution in [0.25, 0.3) is 0 Å². The summed E-state index contributed by atoms with van der Waals surface area (Å²) >= 11 is 0. The van der Waals surface area contributed by atoms with Gasteiger partial charge in [0.1, 0.15) is 13.2 Å². The van der Waals surface area contributed by atoms with Crippen molar-refractivity contribution in [2.24, 2.45) is 0 Å². The normalized spacial score (nSPS) is 25.8. The fourth-order valence-electron chi connectivity index (χ4n) is 3.65. The number of amides is 3. The zero-order chi connectivity index (χ0) is 17.1. The molecule has 3 aliphatic heterocycles. The van der Waals surface area contributed by atoms with Crippen molar-refractivity contribution in [3.05, 3.63) is 0 Å². The lowest BCUT2D eigenvalue weighted by molar-refractivity contribution is -0.136. The molecule has 0 aromatic heterocycles. The van der Waals surface area contributed by atoms with Crippen LogP contribution in [0, 0.1) is 0 Å². The first-order valence-corrected chi connectivity index (χ1v) is 8.75. The van der Waals surface area contributed by atoms with Crippen LogP contribution in [-0.2, 0) is 14.3 Å². The molecule has 0 bridgehead atoms. The molecular formula is C16H26N4O4. The number of hydrogen-bond donors (Lipinski definition) is 0. The zero-order valence-corrected chi connectivity index (χ0v) is 14.3. The maximum Gasteiger partial charge on any atom is 0.410 e. The predicted molar refractivity (Wildman–Crippen MR) is 86.4 cm³/mol. The van der Waals surface area contributed by atoms with Crippen LogP contribution < -0.4 is 0 Å². The number of hydrogen-bond acceptors (Lipinski definition) is 5. The van der Waals surface area contributed by atoms with E-state index >= 15 is 0 Å². The molecule has 3 rings (SSSR count). The van der Waals surface area contributed by atoms with Crippen molar-refractivity contribution in [2.75, 3.05) is 59.5 Å². The summed E-state index contributed by atoms with van der Waals surface area (Å²) in [5.74, 6) is 0.119. The lowest BCUT2D eigenvalue weighted by Gasteiger charge is -2.27. The van der Waals surface area contributed by atoms with Crippen LogP contribution in [0.2, 0.25) is 0 Å². The fourth-order valence-corrected chi connectivity index (χ4v) is 3.65. The maximum absolute atomic E-state index is 12.7. The molecule has 3 fully saturated rings. The Morgan fingerprint density at radius 3 is 2.46 bits per heavy atom. The van der Waals surface area contributed by atoms with Gasteiger partial charge in [-0.25, -0.2) is 4.79 Å². The molecule has 3 aliphatic rings. The summed E-state index contributed by atoms with van der Waals surface area (Å²) in [6, 6.07) is -0.00776. The van der Waals surface area contributed by atoms with Crippen molar-refractivity contribution in [3.8, 4) is 0 Å². The van der Waals surface area contributed by atoms with Crippen LogP contribution in [0.5, 0.6) is 0 Å². The average Bonchev–Trinajstić information content (AvgIpc) is 3.07. The molecule has 24 heavy (non-hydrogen) atoms. The summed E-state index contributed by atoms with van der Waals surface area (Å²) in [6.45, 7) is 4.28. The summed E-state index contributed by atoms with van der Waals surface area (Å²) < 4.78 is 4.85. The van der Waals surface area contributed by atoms with E-state index in [0.717, 1.165) is 25.8 Å². The lowest BCUT2D eigenvalue weighted by atomic mass is 10.2. The molecule has 1 atom stereocenters. The van der Waals surface area contributed by atoms with Gasteiger partial charge in [-0.1, -0.05) is 0 Å². The van der Waals surface area contributed by atoms with Crippen LogP contribution in [0.15, 0.2) is 0 Å². The van der Waals surface area contributed by atoms with Gasteiger partial charge in [0.2, 0.25) is 11.8 Å². The second-order valence-electron chi connectivity index (χ2n) is 6.73.